The Balaban J connectivity index is 1.99. The van der Waals surface area contributed by atoms with Gasteiger partial charge in [0.2, 0.25) is 5.95 Å². The van der Waals surface area contributed by atoms with Crippen LogP contribution in [0.5, 0.6) is 0 Å². The third kappa shape index (κ3) is 3.13. The molecule has 1 heterocycles. The predicted octanol–water partition coefficient (Wildman–Crippen LogP) is 2.83. The molecule has 0 aliphatic heterocycles. The van der Waals surface area contributed by atoms with Crippen molar-refractivity contribution in [3.05, 3.63) is 51.6 Å². The Hall–Kier alpha value is -1.24. The van der Waals surface area contributed by atoms with Crippen LogP contribution >= 0.6 is 22.6 Å². The molecule has 0 fully saturated rings. The molecule has 0 radical (unpaired) electrons. The molecule has 0 unspecified atom stereocenters. The van der Waals surface area contributed by atoms with Crippen LogP contribution in [-0.2, 0) is 6.54 Å². The Morgan fingerprint density at radius 1 is 1.25 bits per heavy atom. The topological polar surface area (TPSA) is 37.8 Å². The van der Waals surface area contributed by atoms with Gasteiger partial charge < -0.3 is 5.32 Å². The minimum Gasteiger partial charge on any atom is -0.350 e. The van der Waals surface area contributed by atoms with E-state index >= 15 is 0 Å². The summed E-state index contributed by atoms with van der Waals surface area (Å²) in [6, 6.07) is 6.44. The van der Waals surface area contributed by atoms with E-state index in [1.165, 1.54) is 12.1 Å². The second-order valence-electron chi connectivity index (χ2n) is 3.21. The summed E-state index contributed by atoms with van der Waals surface area (Å²) in [5, 5.41) is 3.02. The summed E-state index contributed by atoms with van der Waals surface area (Å²) in [4.78, 5) is 8.18. The van der Waals surface area contributed by atoms with E-state index in [2.05, 4.69) is 37.9 Å². The van der Waals surface area contributed by atoms with Crippen molar-refractivity contribution in [2.45, 2.75) is 6.54 Å². The molecule has 0 saturated carbocycles. The van der Waals surface area contributed by atoms with Crippen molar-refractivity contribution in [1.82, 2.24) is 9.97 Å². The van der Waals surface area contributed by atoms with Gasteiger partial charge in [-0.1, -0.05) is 12.1 Å². The quantitative estimate of drug-likeness (QED) is 0.880. The van der Waals surface area contributed by atoms with Gasteiger partial charge in [0, 0.05) is 22.5 Å². The molecule has 0 amide bonds. The third-order valence-electron chi connectivity index (χ3n) is 1.96. The number of aromatic nitrogens is 2. The second kappa shape index (κ2) is 5.20. The lowest BCUT2D eigenvalue weighted by molar-refractivity contribution is 0.626. The van der Waals surface area contributed by atoms with Gasteiger partial charge in [0.1, 0.15) is 5.82 Å². The van der Waals surface area contributed by atoms with Gasteiger partial charge in [0.15, 0.2) is 0 Å². The van der Waals surface area contributed by atoms with Crippen LogP contribution in [0, 0.1) is 9.39 Å². The van der Waals surface area contributed by atoms with Gasteiger partial charge >= 0.3 is 0 Å². The molecule has 0 bridgehead atoms. The molecule has 1 aromatic heterocycles. The Kier molecular flexibility index (Phi) is 3.66. The van der Waals surface area contributed by atoms with Crippen LogP contribution in [0.1, 0.15) is 5.56 Å². The standard InChI is InChI=1S/C11H9FIN3/c12-9-3-1-2-8(4-9)5-14-11-15-6-10(13)7-16-11/h1-4,6-7H,5H2,(H,14,15,16). The van der Waals surface area contributed by atoms with Crippen molar-refractivity contribution in [3.8, 4) is 0 Å². The highest BCUT2D eigenvalue weighted by Crippen LogP contribution is 2.07. The molecule has 2 aromatic rings. The zero-order valence-corrected chi connectivity index (χ0v) is 10.5. The smallest absolute Gasteiger partial charge is 0.222 e. The highest BCUT2D eigenvalue weighted by Gasteiger charge is 1.97. The van der Waals surface area contributed by atoms with E-state index < -0.39 is 0 Å². The molecule has 3 nitrogen and oxygen atoms in total. The van der Waals surface area contributed by atoms with Crippen LogP contribution in [0.3, 0.4) is 0 Å². The first-order valence-electron chi connectivity index (χ1n) is 4.70. The number of rotatable bonds is 3. The number of hydrogen-bond donors (Lipinski definition) is 1. The van der Waals surface area contributed by atoms with Crippen molar-refractivity contribution >= 4 is 28.5 Å². The number of nitrogens with zero attached hydrogens (tertiary/aromatic N) is 2. The number of anilines is 1. The summed E-state index contributed by atoms with van der Waals surface area (Å²) in [6.45, 7) is 0.512. The minimum atomic E-state index is -0.233. The maximum absolute atomic E-state index is 12.9. The average Bonchev–Trinajstić information content (AvgIpc) is 2.28. The Morgan fingerprint density at radius 2 is 2.00 bits per heavy atom. The summed E-state index contributed by atoms with van der Waals surface area (Å²) in [7, 11) is 0. The monoisotopic (exact) mass is 329 g/mol. The number of hydrogen-bond acceptors (Lipinski definition) is 3. The highest BCUT2D eigenvalue weighted by molar-refractivity contribution is 14.1. The summed E-state index contributed by atoms with van der Waals surface area (Å²) in [5.74, 6) is 0.313. The lowest BCUT2D eigenvalue weighted by atomic mass is 10.2. The molecule has 16 heavy (non-hydrogen) atoms. The molecule has 5 heteroatoms. The van der Waals surface area contributed by atoms with Crippen molar-refractivity contribution in [2.24, 2.45) is 0 Å². The Bertz CT molecular complexity index is 473. The molecule has 82 valence electrons. The largest absolute Gasteiger partial charge is 0.350 e. The molecule has 0 atom stereocenters. The molecule has 0 spiro atoms. The van der Waals surface area contributed by atoms with Gasteiger partial charge in [-0.3, -0.25) is 0 Å². The number of benzene rings is 1. The van der Waals surface area contributed by atoms with Crippen LogP contribution in [0.2, 0.25) is 0 Å². The first-order chi connectivity index (χ1) is 7.74. The van der Waals surface area contributed by atoms with E-state index in [1.807, 2.05) is 6.07 Å². The lowest BCUT2D eigenvalue weighted by Crippen LogP contribution is -2.03. The summed E-state index contributed by atoms with van der Waals surface area (Å²) < 4.78 is 13.9. The number of nitrogens with one attached hydrogen (secondary N) is 1. The predicted molar refractivity (Wildman–Crippen MR) is 68.5 cm³/mol. The van der Waals surface area contributed by atoms with Gasteiger partial charge in [-0.2, -0.15) is 0 Å². The fourth-order valence-corrected chi connectivity index (χ4v) is 1.51. The molecule has 2 rings (SSSR count). The summed E-state index contributed by atoms with van der Waals surface area (Å²) >= 11 is 2.14. The van der Waals surface area contributed by atoms with E-state index in [0.717, 1.165) is 9.13 Å². The lowest BCUT2D eigenvalue weighted by Gasteiger charge is -2.04. The van der Waals surface area contributed by atoms with Gasteiger partial charge in [0.05, 0.1) is 0 Å². The Morgan fingerprint density at radius 3 is 2.69 bits per heavy atom. The van der Waals surface area contributed by atoms with Crippen LogP contribution in [0.4, 0.5) is 10.3 Å². The van der Waals surface area contributed by atoms with Gasteiger partial charge in [-0.25, -0.2) is 14.4 Å². The fraction of sp³-hybridized carbons (Fsp3) is 0.0909. The first kappa shape index (κ1) is 11.3. The van der Waals surface area contributed by atoms with Crippen molar-refractivity contribution < 1.29 is 4.39 Å². The normalized spacial score (nSPS) is 10.1. The van der Waals surface area contributed by atoms with Crippen molar-refractivity contribution in [1.29, 1.82) is 0 Å². The highest BCUT2D eigenvalue weighted by atomic mass is 127. The Labute approximate surface area is 106 Å². The average molecular weight is 329 g/mol. The van der Waals surface area contributed by atoms with E-state index in [4.69, 9.17) is 0 Å². The van der Waals surface area contributed by atoms with Crippen LogP contribution in [0.15, 0.2) is 36.7 Å². The molecular formula is C11H9FIN3. The second-order valence-corrected chi connectivity index (χ2v) is 4.45. The molecule has 0 aliphatic rings. The molecule has 0 aliphatic carbocycles. The van der Waals surface area contributed by atoms with Crippen LogP contribution in [0.25, 0.3) is 0 Å². The van der Waals surface area contributed by atoms with Crippen molar-refractivity contribution in [2.75, 3.05) is 5.32 Å². The van der Waals surface area contributed by atoms with Gasteiger partial charge in [-0.05, 0) is 40.3 Å². The molecule has 1 aromatic carbocycles. The zero-order chi connectivity index (χ0) is 11.4. The minimum absolute atomic E-state index is 0.233. The van der Waals surface area contributed by atoms with Crippen molar-refractivity contribution in [3.63, 3.8) is 0 Å². The van der Waals surface area contributed by atoms with E-state index in [9.17, 15) is 4.39 Å². The first-order valence-corrected chi connectivity index (χ1v) is 5.78. The molecule has 0 saturated heterocycles. The third-order valence-corrected chi connectivity index (χ3v) is 2.52. The maximum atomic E-state index is 12.9. The van der Waals surface area contributed by atoms with Gasteiger partial charge in [-0.15, -0.1) is 0 Å². The molecular weight excluding hydrogens is 320 g/mol. The maximum Gasteiger partial charge on any atom is 0.222 e. The SMILES string of the molecule is Fc1cccc(CNc2ncc(I)cn2)c1. The number of halogens is 2. The summed E-state index contributed by atoms with van der Waals surface area (Å²) in [6.07, 6.45) is 3.45. The van der Waals surface area contributed by atoms with E-state index in [0.29, 0.717) is 12.5 Å². The fourth-order valence-electron chi connectivity index (χ4n) is 1.23. The van der Waals surface area contributed by atoms with Gasteiger partial charge in [0.25, 0.3) is 0 Å². The van der Waals surface area contributed by atoms with Crippen LogP contribution in [-0.4, -0.2) is 9.97 Å². The summed E-state index contributed by atoms with van der Waals surface area (Å²) in [5.41, 5.74) is 0.863. The van der Waals surface area contributed by atoms with Crippen LogP contribution < -0.4 is 5.32 Å². The molecule has 1 N–H and O–H groups in total. The van der Waals surface area contributed by atoms with E-state index in [1.54, 1.807) is 18.5 Å². The van der Waals surface area contributed by atoms with E-state index in [-0.39, 0.29) is 5.82 Å². The zero-order valence-electron chi connectivity index (χ0n) is 8.32.